The molecule has 1 aliphatic heterocycles. The standard InChI is InChI=1S/C18H16O7/c1-18(23,7-19)14-6-10-12(24-14)3-2-9-16(22)15-11(21)4-8(20)5-13(15)25-17(9)10/h2-5,14,19-21,23H,6-7H2,1H3/t14-,18+/m1/s1. The predicted molar refractivity (Wildman–Crippen MR) is 89.1 cm³/mol. The van der Waals surface area contributed by atoms with Crippen LogP contribution in [-0.2, 0) is 6.42 Å². The third kappa shape index (κ3) is 2.24. The molecule has 0 amide bonds. The van der Waals surface area contributed by atoms with Gasteiger partial charge in [0.2, 0.25) is 5.43 Å². The number of ether oxygens (including phenoxy) is 1. The summed E-state index contributed by atoms with van der Waals surface area (Å²) < 4.78 is 11.5. The van der Waals surface area contributed by atoms with Gasteiger partial charge in [0.25, 0.3) is 0 Å². The molecule has 1 aliphatic rings. The number of hydrogen-bond acceptors (Lipinski definition) is 7. The number of rotatable bonds is 2. The topological polar surface area (TPSA) is 120 Å². The van der Waals surface area contributed by atoms with Crippen molar-refractivity contribution < 1.29 is 29.6 Å². The number of phenolic OH excluding ortho intramolecular Hbond substituents is 2. The molecule has 7 heteroatoms. The predicted octanol–water partition coefficient (Wildman–Crippen LogP) is 1.40. The van der Waals surface area contributed by atoms with Gasteiger partial charge in [-0.05, 0) is 19.1 Å². The number of aromatic hydroxyl groups is 2. The summed E-state index contributed by atoms with van der Waals surface area (Å²) in [6.07, 6.45) is -0.434. The molecule has 7 nitrogen and oxygen atoms in total. The first-order valence-corrected chi connectivity index (χ1v) is 7.76. The maximum Gasteiger partial charge on any atom is 0.204 e. The van der Waals surface area contributed by atoms with Crippen LogP contribution in [0.3, 0.4) is 0 Å². The van der Waals surface area contributed by atoms with E-state index in [-0.39, 0.29) is 39.9 Å². The first-order valence-electron chi connectivity index (χ1n) is 7.76. The molecule has 1 aromatic heterocycles. The zero-order valence-corrected chi connectivity index (χ0v) is 13.3. The molecule has 0 saturated heterocycles. The molecule has 25 heavy (non-hydrogen) atoms. The average molecular weight is 344 g/mol. The Labute approximate surface area is 141 Å². The normalized spacial score (nSPS) is 18.9. The molecule has 130 valence electrons. The molecule has 0 saturated carbocycles. The highest BCUT2D eigenvalue weighted by molar-refractivity contribution is 5.95. The lowest BCUT2D eigenvalue weighted by Gasteiger charge is -2.26. The van der Waals surface area contributed by atoms with Gasteiger partial charge in [-0.15, -0.1) is 0 Å². The fourth-order valence-electron chi connectivity index (χ4n) is 3.18. The summed E-state index contributed by atoms with van der Waals surface area (Å²) in [5.41, 5.74) is -0.942. The van der Waals surface area contributed by atoms with Crippen molar-refractivity contribution in [2.24, 2.45) is 0 Å². The minimum atomic E-state index is -1.45. The smallest absolute Gasteiger partial charge is 0.204 e. The Morgan fingerprint density at radius 1 is 1.28 bits per heavy atom. The summed E-state index contributed by atoms with van der Waals surface area (Å²) in [4.78, 5) is 12.7. The van der Waals surface area contributed by atoms with Crippen LogP contribution in [0.15, 0.2) is 33.5 Å². The summed E-state index contributed by atoms with van der Waals surface area (Å²) >= 11 is 0. The molecular weight excluding hydrogens is 328 g/mol. The van der Waals surface area contributed by atoms with E-state index in [4.69, 9.17) is 9.15 Å². The van der Waals surface area contributed by atoms with E-state index in [0.717, 1.165) is 6.07 Å². The van der Waals surface area contributed by atoms with Gasteiger partial charge in [-0.3, -0.25) is 4.79 Å². The van der Waals surface area contributed by atoms with Gasteiger partial charge < -0.3 is 29.6 Å². The van der Waals surface area contributed by atoms with E-state index in [0.29, 0.717) is 11.3 Å². The quantitative estimate of drug-likeness (QED) is 0.519. The zero-order chi connectivity index (χ0) is 17.9. The third-order valence-electron chi connectivity index (χ3n) is 4.64. The number of aliphatic hydroxyl groups is 2. The van der Waals surface area contributed by atoms with Crippen molar-refractivity contribution in [1.82, 2.24) is 0 Å². The van der Waals surface area contributed by atoms with E-state index in [9.17, 15) is 25.2 Å². The van der Waals surface area contributed by atoms with Crippen LogP contribution in [0.1, 0.15) is 12.5 Å². The Kier molecular flexibility index (Phi) is 3.22. The molecule has 4 rings (SSSR count). The highest BCUT2D eigenvalue weighted by atomic mass is 16.5. The van der Waals surface area contributed by atoms with Crippen molar-refractivity contribution >= 4 is 21.9 Å². The van der Waals surface area contributed by atoms with Gasteiger partial charge in [-0.2, -0.15) is 0 Å². The summed E-state index contributed by atoms with van der Waals surface area (Å²) in [6, 6.07) is 5.47. The number of benzene rings is 2. The number of fused-ring (bicyclic) bond motifs is 4. The van der Waals surface area contributed by atoms with E-state index < -0.39 is 23.7 Å². The second-order valence-electron chi connectivity index (χ2n) is 6.51. The van der Waals surface area contributed by atoms with Crippen molar-refractivity contribution in [1.29, 1.82) is 0 Å². The number of aliphatic hydroxyl groups excluding tert-OH is 1. The molecule has 4 N–H and O–H groups in total. The van der Waals surface area contributed by atoms with Crippen LogP contribution in [0.5, 0.6) is 17.2 Å². The molecule has 0 radical (unpaired) electrons. The van der Waals surface area contributed by atoms with E-state index in [1.165, 1.54) is 19.1 Å². The second-order valence-corrected chi connectivity index (χ2v) is 6.51. The molecule has 0 spiro atoms. The summed E-state index contributed by atoms with van der Waals surface area (Å²) in [6.45, 7) is 0.992. The molecule has 2 heterocycles. The van der Waals surface area contributed by atoms with E-state index in [1.54, 1.807) is 6.07 Å². The summed E-state index contributed by atoms with van der Waals surface area (Å²) in [5, 5.41) is 39.4. The van der Waals surface area contributed by atoms with Gasteiger partial charge >= 0.3 is 0 Å². The summed E-state index contributed by atoms with van der Waals surface area (Å²) in [7, 11) is 0. The Balaban J connectivity index is 1.99. The maximum absolute atomic E-state index is 12.7. The lowest BCUT2D eigenvalue weighted by atomic mass is 9.95. The molecule has 0 unspecified atom stereocenters. The Bertz CT molecular complexity index is 1060. The molecule has 0 bridgehead atoms. The van der Waals surface area contributed by atoms with E-state index in [2.05, 4.69) is 0 Å². The highest BCUT2D eigenvalue weighted by Crippen LogP contribution is 2.39. The maximum atomic E-state index is 12.7. The highest BCUT2D eigenvalue weighted by Gasteiger charge is 2.39. The Morgan fingerprint density at radius 2 is 2.04 bits per heavy atom. The molecular formula is C18H16O7. The van der Waals surface area contributed by atoms with Crippen LogP contribution in [-0.4, -0.2) is 38.7 Å². The number of hydrogen-bond donors (Lipinski definition) is 4. The SMILES string of the molecule is C[C@](O)(CO)[C@H]1Cc2c(ccc3c(=O)c4c(O)cc(O)cc4oc23)O1. The van der Waals surface area contributed by atoms with Crippen molar-refractivity contribution in [2.45, 2.75) is 25.0 Å². The monoisotopic (exact) mass is 344 g/mol. The van der Waals surface area contributed by atoms with E-state index >= 15 is 0 Å². The van der Waals surface area contributed by atoms with Crippen LogP contribution in [0, 0.1) is 0 Å². The fourth-order valence-corrected chi connectivity index (χ4v) is 3.18. The third-order valence-corrected chi connectivity index (χ3v) is 4.64. The van der Waals surface area contributed by atoms with Crippen molar-refractivity contribution in [3.8, 4) is 17.2 Å². The molecule has 2 aromatic carbocycles. The van der Waals surface area contributed by atoms with Gasteiger partial charge in [0.1, 0.15) is 45.5 Å². The van der Waals surface area contributed by atoms with Gasteiger partial charge in [-0.1, -0.05) is 0 Å². The van der Waals surface area contributed by atoms with Gasteiger partial charge in [0, 0.05) is 24.1 Å². The molecule has 0 fully saturated rings. The van der Waals surface area contributed by atoms with Crippen LogP contribution < -0.4 is 10.2 Å². The zero-order valence-electron chi connectivity index (χ0n) is 13.3. The lowest BCUT2D eigenvalue weighted by Crippen LogP contribution is -2.45. The average Bonchev–Trinajstić information content (AvgIpc) is 2.99. The first kappa shape index (κ1) is 15.7. The molecule has 2 atom stereocenters. The van der Waals surface area contributed by atoms with E-state index in [1.807, 2.05) is 0 Å². The lowest BCUT2D eigenvalue weighted by molar-refractivity contribution is -0.0729. The van der Waals surface area contributed by atoms with Crippen LogP contribution in [0.4, 0.5) is 0 Å². The second kappa shape index (κ2) is 5.11. The van der Waals surface area contributed by atoms with Crippen molar-refractivity contribution in [3.05, 3.63) is 40.1 Å². The minimum Gasteiger partial charge on any atom is -0.508 e. The Hall–Kier alpha value is -2.77. The minimum absolute atomic E-state index is 0.0110. The number of phenols is 2. The largest absolute Gasteiger partial charge is 0.508 e. The van der Waals surface area contributed by atoms with Gasteiger partial charge in [0.05, 0.1) is 12.0 Å². The molecule has 0 aliphatic carbocycles. The molecule has 3 aromatic rings. The Morgan fingerprint density at radius 3 is 2.76 bits per heavy atom. The van der Waals surface area contributed by atoms with Crippen molar-refractivity contribution in [3.63, 3.8) is 0 Å². The van der Waals surface area contributed by atoms with Crippen LogP contribution >= 0.6 is 0 Å². The first-order chi connectivity index (χ1) is 11.8. The van der Waals surface area contributed by atoms with Gasteiger partial charge in [0.15, 0.2) is 0 Å². The fraction of sp³-hybridized carbons (Fsp3) is 0.278. The van der Waals surface area contributed by atoms with Crippen LogP contribution in [0.25, 0.3) is 21.9 Å². The van der Waals surface area contributed by atoms with Crippen LogP contribution in [0.2, 0.25) is 0 Å². The van der Waals surface area contributed by atoms with Crippen molar-refractivity contribution in [2.75, 3.05) is 6.61 Å². The summed E-state index contributed by atoms with van der Waals surface area (Å²) in [5.74, 6) is -0.126. The van der Waals surface area contributed by atoms with Gasteiger partial charge in [-0.25, -0.2) is 0 Å².